The molecular weight excluding hydrogens is 325 g/mol. The Morgan fingerprint density at radius 2 is 2.00 bits per heavy atom. The molecule has 112 valence electrons. The first-order valence-corrected chi connectivity index (χ1v) is 7.13. The van der Waals surface area contributed by atoms with Gasteiger partial charge in [0.15, 0.2) is 5.75 Å². The lowest BCUT2D eigenvalue weighted by atomic mass is 10.2. The Labute approximate surface area is 136 Å². The first-order valence-electron chi connectivity index (χ1n) is 6.37. The molecule has 0 aliphatic rings. The number of amides is 1. The van der Waals surface area contributed by atoms with Crippen LogP contribution in [0, 0.1) is 0 Å². The SMILES string of the molecule is COc1c(Cl)ccc(Cl)c1C(=O)Nc1ncc2ccccn12. The molecule has 1 amide bonds. The van der Waals surface area contributed by atoms with Gasteiger partial charge < -0.3 is 4.74 Å². The van der Waals surface area contributed by atoms with Crippen LogP contribution in [0.4, 0.5) is 5.95 Å². The first-order chi connectivity index (χ1) is 10.6. The van der Waals surface area contributed by atoms with Crippen LogP contribution in [-0.4, -0.2) is 22.4 Å². The summed E-state index contributed by atoms with van der Waals surface area (Å²) in [7, 11) is 1.43. The van der Waals surface area contributed by atoms with Gasteiger partial charge in [-0.05, 0) is 24.3 Å². The molecule has 0 unspecified atom stereocenters. The summed E-state index contributed by atoms with van der Waals surface area (Å²) in [6.45, 7) is 0. The zero-order chi connectivity index (χ0) is 15.7. The lowest BCUT2D eigenvalue weighted by Crippen LogP contribution is -2.16. The number of carbonyl (C=O) groups is 1. The molecule has 1 aromatic carbocycles. The molecule has 7 heteroatoms. The molecule has 2 aromatic heterocycles. The maximum atomic E-state index is 12.5. The van der Waals surface area contributed by atoms with Crippen molar-refractivity contribution in [1.82, 2.24) is 9.38 Å². The number of rotatable bonds is 3. The third kappa shape index (κ3) is 2.49. The Morgan fingerprint density at radius 1 is 1.23 bits per heavy atom. The number of ether oxygens (including phenoxy) is 1. The number of imidazole rings is 1. The second-order valence-corrected chi connectivity index (χ2v) is 5.28. The van der Waals surface area contributed by atoms with Gasteiger partial charge in [0.25, 0.3) is 5.91 Å². The number of carbonyl (C=O) groups excluding carboxylic acids is 1. The monoisotopic (exact) mass is 335 g/mol. The van der Waals surface area contributed by atoms with Crippen LogP contribution in [-0.2, 0) is 0 Å². The molecule has 0 spiro atoms. The number of benzene rings is 1. The molecular formula is C15H11Cl2N3O2. The van der Waals surface area contributed by atoms with Gasteiger partial charge in [0.05, 0.1) is 28.9 Å². The van der Waals surface area contributed by atoms with Crippen LogP contribution in [0.5, 0.6) is 5.75 Å². The summed E-state index contributed by atoms with van der Waals surface area (Å²) in [6.07, 6.45) is 3.46. The number of pyridine rings is 1. The number of methoxy groups -OCH3 is 1. The molecule has 0 aliphatic heterocycles. The van der Waals surface area contributed by atoms with E-state index in [1.54, 1.807) is 28.9 Å². The molecule has 3 rings (SSSR count). The Kier molecular flexibility index (Phi) is 3.92. The van der Waals surface area contributed by atoms with Crippen molar-refractivity contribution < 1.29 is 9.53 Å². The van der Waals surface area contributed by atoms with Gasteiger partial charge >= 0.3 is 0 Å². The molecule has 0 bridgehead atoms. The highest BCUT2D eigenvalue weighted by atomic mass is 35.5. The average Bonchev–Trinajstić information content (AvgIpc) is 2.92. The Hall–Kier alpha value is -2.24. The van der Waals surface area contributed by atoms with Crippen LogP contribution in [0.3, 0.4) is 0 Å². The molecule has 0 atom stereocenters. The summed E-state index contributed by atoms with van der Waals surface area (Å²) in [5.74, 6) is 0.173. The fourth-order valence-corrected chi connectivity index (χ4v) is 2.61. The highest BCUT2D eigenvalue weighted by molar-refractivity contribution is 6.37. The van der Waals surface area contributed by atoms with Crippen LogP contribution in [0.1, 0.15) is 10.4 Å². The maximum absolute atomic E-state index is 12.5. The van der Waals surface area contributed by atoms with Gasteiger partial charge in [-0.2, -0.15) is 0 Å². The molecule has 0 aliphatic carbocycles. The Morgan fingerprint density at radius 3 is 2.77 bits per heavy atom. The number of fused-ring (bicyclic) bond motifs is 1. The van der Waals surface area contributed by atoms with E-state index in [-0.39, 0.29) is 16.3 Å². The molecule has 0 radical (unpaired) electrons. The molecule has 0 fully saturated rings. The van der Waals surface area contributed by atoms with E-state index in [0.717, 1.165) is 5.52 Å². The quantitative estimate of drug-likeness (QED) is 0.789. The van der Waals surface area contributed by atoms with Crippen molar-refractivity contribution in [2.75, 3.05) is 12.4 Å². The minimum absolute atomic E-state index is 0.171. The minimum atomic E-state index is -0.444. The maximum Gasteiger partial charge on any atom is 0.263 e. The van der Waals surface area contributed by atoms with Crippen molar-refractivity contribution in [3.8, 4) is 5.75 Å². The van der Waals surface area contributed by atoms with E-state index >= 15 is 0 Å². The van der Waals surface area contributed by atoms with Gasteiger partial charge in [0, 0.05) is 6.20 Å². The fourth-order valence-electron chi connectivity index (χ4n) is 2.14. The van der Waals surface area contributed by atoms with E-state index in [1.165, 1.54) is 7.11 Å². The number of nitrogens with one attached hydrogen (secondary N) is 1. The number of halogens is 2. The number of aromatic nitrogens is 2. The highest BCUT2D eigenvalue weighted by Gasteiger charge is 2.20. The molecule has 0 saturated heterocycles. The highest BCUT2D eigenvalue weighted by Crippen LogP contribution is 2.34. The summed E-state index contributed by atoms with van der Waals surface area (Å²) < 4.78 is 6.93. The lowest BCUT2D eigenvalue weighted by Gasteiger charge is -2.11. The molecule has 2 heterocycles. The van der Waals surface area contributed by atoms with E-state index in [0.29, 0.717) is 11.0 Å². The largest absolute Gasteiger partial charge is 0.494 e. The standard InChI is InChI=1S/C15H11Cl2N3O2/c1-22-13-11(17)6-5-10(16)12(13)14(21)19-15-18-8-9-4-2-3-7-20(9)15/h2-8H,1H3,(H,18,19,21). The van der Waals surface area contributed by atoms with Crippen molar-refractivity contribution in [1.29, 1.82) is 0 Å². The van der Waals surface area contributed by atoms with Crippen LogP contribution >= 0.6 is 23.2 Å². The van der Waals surface area contributed by atoms with E-state index in [9.17, 15) is 4.79 Å². The molecule has 1 N–H and O–H groups in total. The Balaban J connectivity index is 2.00. The third-order valence-electron chi connectivity index (χ3n) is 3.15. The number of anilines is 1. The van der Waals surface area contributed by atoms with E-state index in [2.05, 4.69) is 10.3 Å². The summed E-state index contributed by atoms with van der Waals surface area (Å²) in [5, 5.41) is 3.27. The van der Waals surface area contributed by atoms with Gasteiger partial charge in [-0.25, -0.2) is 4.98 Å². The second kappa shape index (κ2) is 5.87. The topological polar surface area (TPSA) is 55.6 Å². The smallest absolute Gasteiger partial charge is 0.263 e. The minimum Gasteiger partial charge on any atom is -0.494 e. The summed E-state index contributed by atoms with van der Waals surface area (Å²) in [4.78, 5) is 16.7. The van der Waals surface area contributed by atoms with Gasteiger partial charge in [0.2, 0.25) is 5.95 Å². The van der Waals surface area contributed by atoms with Crippen LogP contribution in [0.15, 0.2) is 42.7 Å². The summed E-state index contributed by atoms with van der Waals surface area (Å²) in [6, 6.07) is 8.74. The zero-order valence-electron chi connectivity index (χ0n) is 11.5. The van der Waals surface area contributed by atoms with Crippen molar-refractivity contribution in [3.05, 3.63) is 58.3 Å². The van der Waals surface area contributed by atoms with Crippen LogP contribution in [0.2, 0.25) is 10.0 Å². The number of hydrogen-bond donors (Lipinski definition) is 1. The second-order valence-electron chi connectivity index (χ2n) is 4.47. The van der Waals surface area contributed by atoms with Gasteiger partial charge in [-0.15, -0.1) is 0 Å². The van der Waals surface area contributed by atoms with Crippen LogP contribution < -0.4 is 10.1 Å². The van der Waals surface area contributed by atoms with Gasteiger partial charge in [0.1, 0.15) is 5.56 Å². The van der Waals surface area contributed by atoms with Gasteiger partial charge in [-0.3, -0.25) is 14.5 Å². The van der Waals surface area contributed by atoms with Crippen molar-refractivity contribution in [2.24, 2.45) is 0 Å². The molecule has 5 nitrogen and oxygen atoms in total. The average molecular weight is 336 g/mol. The molecule has 22 heavy (non-hydrogen) atoms. The lowest BCUT2D eigenvalue weighted by molar-refractivity contribution is 0.102. The number of hydrogen-bond acceptors (Lipinski definition) is 3. The fraction of sp³-hybridized carbons (Fsp3) is 0.0667. The number of nitrogens with zero attached hydrogens (tertiary/aromatic N) is 2. The predicted molar refractivity (Wildman–Crippen MR) is 86.2 cm³/mol. The van der Waals surface area contributed by atoms with Crippen molar-refractivity contribution >= 4 is 40.6 Å². The normalized spacial score (nSPS) is 10.7. The van der Waals surface area contributed by atoms with Gasteiger partial charge in [-0.1, -0.05) is 29.3 Å². The van der Waals surface area contributed by atoms with Crippen LogP contribution in [0.25, 0.3) is 5.52 Å². The predicted octanol–water partition coefficient (Wildman–Crippen LogP) is 3.90. The molecule has 0 saturated carbocycles. The first kappa shape index (κ1) is 14.7. The summed E-state index contributed by atoms with van der Waals surface area (Å²) >= 11 is 12.1. The van der Waals surface area contributed by atoms with E-state index < -0.39 is 5.91 Å². The van der Waals surface area contributed by atoms with E-state index in [4.69, 9.17) is 27.9 Å². The third-order valence-corrected chi connectivity index (χ3v) is 3.77. The van der Waals surface area contributed by atoms with Crippen molar-refractivity contribution in [3.63, 3.8) is 0 Å². The van der Waals surface area contributed by atoms with Crippen molar-refractivity contribution in [2.45, 2.75) is 0 Å². The molecule has 3 aromatic rings. The zero-order valence-corrected chi connectivity index (χ0v) is 13.0. The Bertz CT molecular complexity index is 861. The van der Waals surface area contributed by atoms with E-state index in [1.807, 2.05) is 18.2 Å². The summed E-state index contributed by atoms with van der Waals surface area (Å²) in [5.41, 5.74) is 1.03.